The molecule has 1 spiro atoms. The second-order valence-electron chi connectivity index (χ2n) is 26.4. The van der Waals surface area contributed by atoms with Crippen LogP contribution < -0.4 is 19.7 Å². The number of methoxy groups -OCH3 is 2. The maximum absolute atomic E-state index is 15.4. The van der Waals surface area contributed by atoms with E-state index in [4.69, 9.17) is 33.3 Å². The summed E-state index contributed by atoms with van der Waals surface area (Å²) in [5, 5.41) is 47.8. The first-order valence-electron chi connectivity index (χ1n) is 31.3. The van der Waals surface area contributed by atoms with E-state index in [9.17, 15) is 15.3 Å². The van der Waals surface area contributed by atoms with Gasteiger partial charge in [0, 0.05) is 114 Å². The lowest BCUT2D eigenvalue weighted by molar-refractivity contribution is -0.203. The maximum atomic E-state index is 15.4. The number of carbonyl (C=O) groups excluding carboxylic acids is 2. The number of hydrogen-bond acceptors (Lipinski definition) is 18. The Balaban J connectivity index is 0.859. The lowest BCUT2D eigenvalue weighted by Gasteiger charge is -2.63. The smallest absolute Gasteiger partial charge is 0.317 e. The Hall–Kier alpha value is -5.09. The summed E-state index contributed by atoms with van der Waals surface area (Å²) >= 11 is 1.55. The number of piperidine rings is 1. The van der Waals surface area contributed by atoms with Crippen molar-refractivity contribution in [3.05, 3.63) is 93.6 Å². The number of nitrogens with one attached hydrogen (secondary N) is 2. The van der Waals surface area contributed by atoms with Crippen LogP contribution >= 0.6 is 11.8 Å². The van der Waals surface area contributed by atoms with Gasteiger partial charge in [0.05, 0.1) is 52.3 Å². The largest absolute Gasteiger partial charge is 0.496 e. The van der Waals surface area contributed by atoms with Crippen molar-refractivity contribution in [2.45, 2.75) is 149 Å². The molecule has 24 heteroatoms. The van der Waals surface area contributed by atoms with Crippen LogP contribution in [-0.4, -0.2) is 203 Å². The number of para-hydroxylation sites is 1. The normalized spacial score (nSPS) is 29.2. The summed E-state index contributed by atoms with van der Waals surface area (Å²) in [6.07, 6.45) is 9.44. The minimum Gasteiger partial charge on any atom is -0.496 e. The van der Waals surface area contributed by atoms with Gasteiger partial charge in [-0.2, -0.15) is 4.98 Å². The minimum atomic E-state index is -2.29. The van der Waals surface area contributed by atoms with E-state index in [1.165, 1.54) is 7.11 Å². The Kier molecular flexibility index (Phi) is 19.7. The molecule has 2 bridgehead atoms. The van der Waals surface area contributed by atoms with Gasteiger partial charge in [-0.05, 0) is 137 Å². The molecule has 10 atom stereocenters. The molecule has 1 amide bonds. The third-order valence-electron chi connectivity index (χ3n) is 20.0. The molecule has 10 rings (SSSR count). The minimum absolute atomic E-state index is 0.0121. The van der Waals surface area contributed by atoms with Crippen molar-refractivity contribution in [3.8, 4) is 11.6 Å². The molecule has 0 unspecified atom stereocenters. The Morgan fingerprint density at radius 2 is 1.77 bits per heavy atom. The van der Waals surface area contributed by atoms with Crippen LogP contribution in [0.25, 0.3) is 21.3 Å². The standard InChI is InChI=1S/C63H92N10O11SSi2/c1-10-59(77)38-43-39-61(57(76)80-5,52-46(20-28-72(40-43)41-59)45-16-12-13-17-48(45)68-52)22-18-44-36-47-49(37-50(44)79-4)71(3)54-62(47)23-29-73-27-14-21-60(11-2,53(62)73)55(74)63(54,78)56(75)65-24-15-35-86(6,7)84-87(8,9)42-85-58-66-25-19-51(69-58)83-34-33-82-32-31-81-30-26-67-70-64/h12-14,16-17,19,21,25,36-37,43,53-55,68,74,77-78H,10-11,15,18,20,22-24,26-35,38-42H2,1-9H3,(H,65,75)/t43-,53-,54+,55+,59-,60+,61+,62+,63-/m0/s1. The van der Waals surface area contributed by atoms with Gasteiger partial charge >= 0.3 is 5.97 Å². The highest BCUT2D eigenvalue weighted by Gasteiger charge is 2.78. The molecule has 5 N–H and O–H groups in total. The lowest BCUT2D eigenvalue weighted by Crippen LogP contribution is -2.81. The van der Waals surface area contributed by atoms with E-state index < -0.39 is 62.1 Å². The molecule has 474 valence electrons. The number of thioether (sulfide) groups is 1. The fourth-order valence-corrected chi connectivity index (χ4v) is 26.9. The number of amides is 1. The molecule has 1 saturated carbocycles. The number of H-pyrrole nitrogens is 1. The number of likely N-dealkylation sites (N-methyl/N-ethyl adjacent to an activating group) is 1. The zero-order chi connectivity index (χ0) is 62.0. The predicted octanol–water partition coefficient (Wildman–Crippen LogP) is 7.61. The molecule has 0 radical (unpaired) electrons. The van der Waals surface area contributed by atoms with Gasteiger partial charge in [0.2, 0.25) is 5.88 Å². The van der Waals surface area contributed by atoms with E-state index in [1.54, 1.807) is 31.1 Å². The topological polar surface area (TPSA) is 262 Å². The maximum Gasteiger partial charge on any atom is 0.317 e. The molecular weight excluding hydrogens is 1160 g/mol. The number of benzene rings is 2. The van der Waals surface area contributed by atoms with Crippen LogP contribution in [0.15, 0.2) is 71.1 Å². The van der Waals surface area contributed by atoms with E-state index in [1.807, 2.05) is 37.1 Å². The van der Waals surface area contributed by atoms with Crippen molar-refractivity contribution >= 4 is 56.9 Å². The summed E-state index contributed by atoms with van der Waals surface area (Å²) in [6.45, 7) is 18.8. The number of aliphatic hydroxyl groups is 3. The highest BCUT2D eigenvalue weighted by Crippen LogP contribution is 2.67. The second kappa shape index (κ2) is 26.4. The van der Waals surface area contributed by atoms with Gasteiger partial charge in [-0.1, -0.05) is 61.1 Å². The van der Waals surface area contributed by atoms with Crippen molar-refractivity contribution in [2.24, 2.45) is 16.4 Å². The Morgan fingerprint density at radius 1 is 0.989 bits per heavy atom. The number of rotatable bonds is 27. The summed E-state index contributed by atoms with van der Waals surface area (Å²) in [5.74, 6) is 0.214. The molecule has 1 aliphatic carbocycles. The Bertz CT molecular complexity index is 3210. The van der Waals surface area contributed by atoms with Gasteiger partial charge in [0.1, 0.15) is 23.9 Å². The monoisotopic (exact) mass is 1250 g/mol. The van der Waals surface area contributed by atoms with Gasteiger partial charge in [0.25, 0.3) is 5.91 Å². The number of nitrogens with zero attached hydrogens (tertiary/aromatic N) is 8. The zero-order valence-corrected chi connectivity index (χ0v) is 55.3. The quantitative estimate of drug-likeness (QED) is 0.00443. The highest BCUT2D eigenvalue weighted by molar-refractivity contribution is 8.00. The Morgan fingerprint density at radius 3 is 2.53 bits per heavy atom. The average molecular weight is 1250 g/mol. The first-order chi connectivity index (χ1) is 41.7. The number of aromatic nitrogens is 3. The van der Waals surface area contributed by atoms with E-state index in [0.717, 1.165) is 63.5 Å². The van der Waals surface area contributed by atoms with Crippen LogP contribution in [0.1, 0.15) is 81.2 Å². The fraction of sp³-hybridized carbons (Fsp3) is 0.651. The molecule has 3 fully saturated rings. The number of fused-ring (bicyclic) bond motifs is 6. The van der Waals surface area contributed by atoms with Crippen LogP contribution in [0.2, 0.25) is 32.2 Å². The van der Waals surface area contributed by atoms with E-state index in [2.05, 4.69) is 104 Å². The third kappa shape index (κ3) is 12.5. The molecule has 21 nitrogen and oxygen atoms in total. The number of esters is 1. The molecule has 2 saturated heterocycles. The van der Waals surface area contributed by atoms with Gasteiger partial charge in [-0.25, -0.2) is 4.98 Å². The van der Waals surface area contributed by atoms with Crippen molar-refractivity contribution in [1.82, 2.24) is 30.1 Å². The number of anilines is 1. The number of aromatic amines is 1. The number of aryl methyl sites for hydroxylation is 1. The van der Waals surface area contributed by atoms with E-state index in [-0.39, 0.29) is 31.0 Å². The average Bonchev–Trinajstić information content (AvgIpc) is 1.53. The molecule has 4 aromatic rings. The van der Waals surface area contributed by atoms with Crippen LogP contribution in [0, 0.1) is 11.3 Å². The zero-order valence-electron chi connectivity index (χ0n) is 52.4. The Labute approximate surface area is 518 Å². The van der Waals surface area contributed by atoms with Crippen molar-refractivity contribution in [2.75, 3.05) is 110 Å². The molecular formula is C63H92N10O11SSi2. The molecule has 7 heterocycles. The van der Waals surface area contributed by atoms with Crippen molar-refractivity contribution in [1.29, 1.82) is 0 Å². The second-order valence-corrected chi connectivity index (χ2v) is 36.6. The number of hydrogen-bond donors (Lipinski definition) is 5. The molecule has 2 aromatic heterocycles. The number of aliphatic hydroxyl groups excluding tert-OH is 1. The van der Waals surface area contributed by atoms with Crippen LogP contribution in [0.3, 0.4) is 0 Å². The van der Waals surface area contributed by atoms with Crippen LogP contribution in [-0.2, 0) is 51.6 Å². The number of azide groups is 1. The highest BCUT2D eigenvalue weighted by atomic mass is 32.2. The lowest BCUT2D eigenvalue weighted by atomic mass is 9.47. The first kappa shape index (κ1) is 64.9. The third-order valence-corrected chi connectivity index (χ3v) is 29.8. The fourth-order valence-electron chi connectivity index (χ4n) is 16.5. The summed E-state index contributed by atoms with van der Waals surface area (Å²) < 4.78 is 36.0. The van der Waals surface area contributed by atoms with E-state index >= 15 is 9.59 Å². The molecule has 5 aliphatic heterocycles. The number of ether oxygens (including phenoxy) is 5. The van der Waals surface area contributed by atoms with Gasteiger partial charge < -0.3 is 58.3 Å². The van der Waals surface area contributed by atoms with Crippen LogP contribution in [0.5, 0.6) is 11.6 Å². The summed E-state index contributed by atoms with van der Waals surface area (Å²) in [7, 11) is 0.547. The summed E-state index contributed by atoms with van der Waals surface area (Å²) in [6, 6.07) is 14.0. The summed E-state index contributed by atoms with van der Waals surface area (Å²) in [5.41, 5.74) is 8.12. The molecule has 87 heavy (non-hydrogen) atoms. The van der Waals surface area contributed by atoms with Gasteiger partial charge in [-0.3, -0.25) is 19.4 Å². The van der Waals surface area contributed by atoms with Crippen molar-refractivity contribution < 1.29 is 52.7 Å². The van der Waals surface area contributed by atoms with E-state index in [0.29, 0.717) is 127 Å². The van der Waals surface area contributed by atoms with Crippen LogP contribution in [0.4, 0.5) is 5.69 Å². The molecule has 2 aromatic carbocycles. The summed E-state index contributed by atoms with van der Waals surface area (Å²) in [4.78, 5) is 52.9. The SMILES string of the molecule is CC[C@]1(O)C[C@@H]2C[N@@](CCc3c([nH]c4ccccc34)[C@](CCc3cc4c(cc3OC)N(C)[C@H]3[C@@](O)(C(=O)NCCC[Si](C)(C)O[Si](C)(C)CSc5nccc(OCCOCCOCCN=[N+]=[N-])n5)[C@H](O)[C@]5(CC)C=CCN6CC[C@]43[C@@H]65)(C(=O)OC)C2)C1. The first-order valence-corrected chi connectivity index (χ1v) is 38.5. The van der Waals surface area contributed by atoms with Crippen molar-refractivity contribution in [3.63, 3.8) is 0 Å². The van der Waals surface area contributed by atoms with Gasteiger partial charge in [-0.15, -0.1) is 0 Å². The van der Waals surface area contributed by atoms with Gasteiger partial charge in [0.15, 0.2) is 27.4 Å². The molecule has 6 aliphatic rings. The number of carbonyl (C=O) groups is 2. The predicted molar refractivity (Wildman–Crippen MR) is 340 cm³/mol.